The summed E-state index contributed by atoms with van der Waals surface area (Å²) in [7, 11) is 8.62. The van der Waals surface area contributed by atoms with E-state index in [4.69, 9.17) is 0 Å². The summed E-state index contributed by atoms with van der Waals surface area (Å²) >= 11 is 0. The molecular weight excluding hydrogens is 1170 g/mol. The van der Waals surface area contributed by atoms with Gasteiger partial charge in [0, 0.05) is 95.9 Å². The van der Waals surface area contributed by atoms with Crippen LogP contribution < -0.4 is 31.9 Å². The molecule has 8 aromatic rings. The summed E-state index contributed by atoms with van der Waals surface area (Å²) < 4.78 is 112. The number of nitrogens with zero attached hydrogens (tertiary/aromatic N) is 7. The van der Waals surface area contributed by atoms with Gasteiger partial charge >= 0.3 is 18.5 Å². The van der Waals surface area contributed by atoms with E-state index in [0.717, 1.165) is 70.0 Å². The largest absolute Gasteiger partial charge is 0.434 e. The van der Waals surface area contributed by atoms with Crippen LogP contribution in [0.25, 0.3) is 21.7 Å². The Balaban J connectivity index is 0. The summed E-state index contributed by atoms with van der Waals surface area (Å²) in [6.45, 7) is 6.57. The molecule has 0 radical (unpaired) electrons. The molecule has 476 valence electrons. The molecule has 6 amide bonds. The Morgan fingerprint density at radius 1 is 0.420 bits per heavy atom. The second kappa shape index (κ2) is 36.7. The molecule has 0 bridgehead atoms. The SMILES string of the molecule is C.C.C.C.CNC(=O)c1c(C(F)(F)F)cc(C)nc1C.CNC(=O)c1c(C)ccnc1C.CNC(=O)c1ccnc2ccccc12.CNC(=O)c1cnccc1C(F)(F)F.CNC(=O)c1cncnc1C(F)(F)F.CNC(=O)c1nccc2ccccc12. The van der Waals surface area contributed by atoms with Gasteiger partial charge in [-0.05, 0) is 75.0 Å². The first-order valence-electron chi connectivity index (χ1n) is 24.4. The molecule has 0 atom stereocenters. The summed E-state index contributed by atoms with van der Waals surface area (Å²) in [6, 6.07) is 22.4. The summed E-state index contributed by atoms with van der Waals surface area (Å²) in [5.41, 5.74) is 0.0822. The van der Waals surface area contributed by atoms with Crippen molar-refractivity contribution < 1.29 is 68.3 Å². The lowest BCUT2D eigenvalue weighted by Crippen LogP contribution is -2.24. The van der Waals surface area contributed by atoms with Crippen molar-refractivity contribution in [1.82, 2.24) is 66.8 Å². The van der Waals surface area contributed by atoms with Crippen LogP contribution >= 0.6 is 0 Å². The van der Waals surface area contributed by atoms with Crippen LogP contribution in [-0.2, 0) is 18.5 Å². The number of hydrogen-bond acceptors (Lipinski definition) is 13. The number of aromatic nitrogens is 7. The molecule has 0 saturated carbocycles. The molecule has 6 N–H and O–H groups in total. The van der Waals surface area contributed by atoms with Gasteiger partial charge in [-0.3, -0.25) is 53.7 Å². The topological polar surface area (TPSA) is 265 Å². The highest BCUT2D eigenvalue weighted by Crippen LogP contribution is 2.34. The Morgan fingerprint density at radius 3 is 1.45 bits per heavy atom. The third-order valence-electron chi connectivity index (χ3n) is 11.2. The lowest BCUT2D eigenvalue weighted by atomic mass is 10.0. The highest BCUT2D eigenvalue weighted by Gasteiger charge is 2.38. The molecule has 0 aliphatic carbocycles. The molecule has 19 nitrogen and oxygen atoms in total. The van der Waals surface area contributed by atoms with Gasteiger partial charge in [0.25, 0.3) is 35.4 Å². The minimum atomic E-state index is -4.65. The number of para-hydroxylation sites is 1. The first-order valence-corrected chi connectivity index (χ1v) is 24.4. The number of alkyl halides is 9. The number of pyridine rings is 5. The van der Waals surface area contributed by atoms with Gasteiger partial charge in [-0.25, -0.2) is 9.97 Å². The number of carbonyl (C=O) groups is 6. The van der Waals surface area contributed by atoms with E-state index in [1.807, 2.05) is 74.5 Å². The molecule has 0 aliphatic heterocycles. The highest BCUT2D eigenvalue weighted by molar-refractivity contribution is 6.06. The summed E-state index contributed by atoms with van der Waals surface area (Å²) in [5.74, 6) is -2.75. The van der Waals surface area contributed by atoms with Crippen molar-refractivity contribution in [3.8, 4) is 0 Å². The third kappa shape index (κ3) is 22.4. The summed E-state index contributed by atoms with van der Waals surface area (Å²) in [6.07, 6.45) is -5.28. The Hall–Kier alpha value is -10.0. The number of amides is 6. The lowest BCUT2D eigenvalue weighted by Gasteiger charge is -2.14. The molecule has 8 rings (SSSR count). The average Bonchev–Trinajstić information content (AvgIpc) is 3.53. The second-order valence-corrected chi connectivity index (χ2v) is 16.8. The number of hydrogen-bond donors (Lipinski definition) is 6. The number of fused-ring (bicyclic) bond motifs is 2. The fourth-order valence-electron chi connectivity index (χ4n) is 7.29. The van der Waals surface area contributed by atoms with Crippen LogP contribution in [0.3, 0.4) is 0 Å². The van der Waals surface area contributed by atoms with E-state index < -0.39 is 69.8 Å². The standard InChI is InChI=1S/2C11H10N2O.C10H11F3N2O.C9H12N2O.C8H7F3N2O.C7H6F3N3O.4CH4/c1-12-11(14)9-6-7-13-10-5-3-2-4-8(9)10;1-12-11(14)10-9-5-3-2-4-8(9)6-7-13-10;1-5-4-7(10(11,12)13)8(6(2)15-5)9(16)14-3;1-6-4-5-11-7(2)8(6)9(12)10-3;1-12-7(14)5-4-13-3-2-6(5)8(9,10)11;1-11-6(14)4-2-12-3-13-5(4)7(8,9)10;;;;/h2*2-7H,1H3,(H,12,14);4H,1-3H3,(H,14,16);4-5H,1-3H3,(H,10,12);2-4H,1H3,(H,12,14);2-3H,1H3,(H,11,14);4*1H4. The van der Waals surface area contributed by atoms with E-state index in [-0.39, 0.29) is 58.8 Å². The smallest absolute Gasteiger partial charge is 0.355 e. The van der Waals surface area contributed by atoms with Gasteiger partial charge in [0.15, 0.2) is 5.69 Å². The zero-order valence-corrected chi connectivity index (χ0v) is 46.5. The van der Waals surface area contributed by atoms with E-state index in [1.165, 1.54) is 35.0 Å². The maximum Gasteiger partial charge on any atom is 0.434 e. The Bertz CT molecular complexity index is 3410. The van der Waals surface area contributed by atoms with Crippen molar-refractivity contribution in [3.63, 3.8) is 0 Å². The number of rotatable bonds is 6. The van der Waals surface area contributed by atoms with Crippen molar-refractivity contribution in [3.05, 3.63) is 195 Å². The third-order valence-corrected chi connectivity index (χ3v) is 11.2. The summed E-state index contributed by atoms with van der Waals surface area (Å²) in [5, 5.41) is 16.9. The molecule has 0 fully saturated rings. The Labute approximate surface area is 504 Å². The van der Waals surface area contributed by atoms with E-state index in [1.54, 1.807) is 45.8 Å². The van der Waals surface area contributed by atoms with Crippen LogP contribution in [0.5, 0.6) is 0 Å². The fraction of sp³-hybridized carbons (Fsp3) is 0.283. The van der Waals surface area contributed by atoms with Crippen LogP contribution in [0.4, 0.5) is 39.5 Å². The highest BCUT2D eigenvalue weighted by atomic mass is 19.4. The van der Waals surface area contributed by atoms with Gasteiger partial charge in [0.2, 0.25) is 0 Å². The monoisotopic (exact) mass is 1240 g/mol. The molecule has 0 aliphatic rings. The number of halogens is 9. The molecule has 6 aromatic heterocycles. The minimum Gasteiger partial charge on any atom is -0.355 e. The molecule has 0 unspecified atom stereocenters. The van der Waals surface area contributed by atoms with Crippen molar-refractivity contribution in [2.24, 2.45) is 0 Å². The number of nitrogens with one attached hydrogen (secondary N) is 6. The van der Waals surface area contributed by atoms with E-state index in [9.17, 15) is 68.3 Å². The van der Waals surface area contributed by atoms with Crippen molar-refractivity contribution in [1.29, 1.82) is 0 Å². The summed E-state index contributed by atoms with van der Waals surface area (Å²) in [4.78, 5) is 93.6. The molecule has 6 heterocycles. The maximum absolute atomic E-state index is 12.7. The Morgan fingerprint density at radius 2 is 0.909 bits per heavy atom. The molecule has 2 aromatic carbocycles. The lowest BCUT2D eigenvalue weighted by molar-refractivity contribution is -0.141. The number of benzene rings is 2. The molecule has 0 spiro atoms. The van der Waals surface area contributed by atoms with Crippen LogP contribution in [0.15, 0.2) is 122 Å². The van der Waals surface area contributed by atoms with Gasteiger partial charge in [0.1, 0.15) is 12.0 Å². The first kappa shape index (κ1) is 80.0. The zero-order chi connectivity index (χ0) is 63.1. The van der Waals surface area contributed by atoms with E-state index >= 15 is 0 Å². The van der Waals surface area contributed by atoms with Gasteiger partial charge in [-0.2, -0.15) is 39.5 Å². The molecule has 88 heavy (non-hydrogen) atoms. The normalized spacial score (nSPS) is 10.1. The van der Waals surface area contributed by atoms with Crippen molar-refractivity contribution in [2.45, 2.75) is 75.9 Å². The second-order valence-electron chi connectivity index (χ2n) is 16.8. The number of aryl methyl sites for hydroxylation is 4. The minimum absolute atomic E-state index is 0. The molecule has 28 heteroatoms. The van der Waals surface area contributed by atoms with E-state index in [0.29, 0.717) is 16.8 Å². The predicted molar refractivity (Wildman–Crippen MR) is 319 cm³/mol. The van der Waals surface area contributed by atoms with Gasteiger partial charge in [-0.15, -0.1) is 0 Å². The Kier molecular flexibility index (Phi) is 33.4. The first-order chi connectivity index (χ1) is 39.5. The fourth-order valence-corrected chi connectivity index (χ4v) is 7.29. The van der Waals surface area contributed by atoms with Crippen LogP contribution in [0, 0.1) is 27.7 Å². The molecule has 0 saturated heterocycles. The van der Waals surface area contributed by atoms with Gasteiger partial charge in [-0.1, -0.05) is 72.2 Å². The van der Waals surface area contributed by atoms with Crippen molar-refractivity contribution in [2.75, 3.05) is 42.3 Å². The predicted octanol–water partition coefficient (Wildman–Crippen LogP) is 11.2. The van der Waals surface area contributed by atoms with Crippen LogP contribution in [-0.4, -0.2) is 113 Å². The maximum atomic E-state index is 12.7. The van der Waals surface area contributed by atoms with Crippen LogP contribution in [0.1, 0.15) is 131 Å². The molecular formula is C60H72F9N13O6. The quantitative estimate of drug-likeness (QED) is 0.0847. The van der Waals surface area contributed by atoms with Crippen LogP contribution in [0.2, 0.25) is 0 Å². The van der Waals surface area contributed by atoms with Gasteiger partial charge < -0.3 is 31.9 Å². The zero-order valence-electron chi connectivity index (χ0n) is 46.5. The van der Waals surface area contributed by atoms with Gasteiger partial charge in [0.05, 0.1) is 55.8 Å². The average molecular weight is 1240 g/mol. The van der Waals surface area contributed by atoms with E-state index in [2.05, 4.69) is 66.8 Å². The number of carbonyl (C=O) groups excluding carboxylic acids is 6. The van der Waals surface area contributed by atoms with Crippen molar-refractivity contribution >= 4 is 57.1 Å².